The number of quaternary nitrogens is 1. The van der Waals surface area contributed by atoms with Gasteiger partial charge in [-0.15, -0.1) is 0 Å². The van der Waals surface area contributed by atoms with Gasteiger partial charge in [-0.25, -0.2) is 3.89 Å². The molecule has 0 aromatic carbocycles. The summed E-state index contributed by atoms with van der Waals surface area (Å²) in [7, 11) is 1.82. The molecule has 4 heteroatoms. The maximum absolute atomic E-state index is 10.6. The maximum atomic E-state index is 10.6. The molecule has 1 aliphatic heterocycles. The molecule has 0 amide bonds. The first-order chi connectivity index (χ1) is 4.15. The Hall–Kier alpha value is 0.0700. The van der Waals surface area contributed by atoms with Gasteiger partial charge in [-0.05, 0) is 0 Å². The first-order valence-corrected chi connectivity index (χ1v) is 4.18. The largest absolute Gasteiger partial charge is 0.358 e. The van der Waals surface area contributed by atoms with Crippen molar-refractivity contribution < 1.29 is 12.6 Å². The summed E-state index contributed by atoms with van der Waals surface area (Å²) in [5, 5.41) is 0. The molecule has 1 N–H and O–H groups in total. The van der Waals surface area contributed by atoms with E-state index >= 15 is 0 Å². The highest BCUT2D eigenvalue weighted by atomic mass is 32.2. The van der Waals surface area contributed by atoms with Crippen molar-refractivity contribution in [2.45, 2.75) is 12.8 Å². The van der Waals surface area contributed by atoms with Crippen LogP contribution in [0.4, 0.5) is 0 Å². The Labute approximate surface area is 57.7 Å². The Morgan fingerprint density at radius 3 is 2.11 bits per heavy atom. The third kappa shape index (κ3) is 1.31. The van der Waals surface area contributed by atoms with Gasteiger partial charge in [0.25, 0.3) is 0 Å². The average molecular weight is 150 g/mol. The molecule has 0 saturated carbocycles. The SMILES string of the molecule is C[N+]1(S(=O)O)CCCC1. The molecule has 1 heterocycles. The van der Waals surface area contributed by atoms with Crippen molar-refractivity contribution >= 4 is 11.3 Å². The van der Waals surface area contributed by atoms with Gasteiger partial charge in [0.1, 0.15) is 0 Å². The van der Waals surface area contributed by atoms with Crippen LogP contribution < -0.4 is 0 Å². The van der Waals surface area contributed by atoms with Crippen molar-refractivity contribution in [3.8, 4) is 0 Å². The number of nitrogens with zero attached hydrogens (tertiary/aromatic N) is 1. The molecule has 54 valence electrons. The lowest BCUT2D eigenvalue weighted by atomic mass is 10.4. The van der Waals surface area contributed by atoms with E-state index in [1.165, 1.54) is 0 Å². The van der Waals surface area contributed by atoms with E-state index in [-0.39, 0.29) is 0 Å². The summed E-state index contributed by atoms with van der Waals surface area (Å²) in [6.07, 6.45) is 2.17. The van der Waals surface area contributed by atoms with Gasteiger partial charge in [0.15, 0.2) is 0 Å². The topological polar surface area (TPSA) is 37.3 Å². The van der Waals surface area contributed by atoms with Crippen LogP contribution in [0.1, 0.15) is 12.8 Å². The van der Waals surface area contributed by atoms with Crippen molar-refractivity contribution in [3.05, 3.63) is 0 Å². The molecule has 0 aromatic rings. The van der Waals surface area contributed by atoms with Crippen LogP contribution in [0.25, 0.3) is 0 Å². The molecule has 9 heavy (non-hydrogen) atoms. The van der Waals surface area contributed by atoms with Crippen LogP contribution in [-0.2, 0) is 11.3 Å². The van der Waals surface area contributed by atoms with Crippen molar-refractivity contribution in [3.63, 3.8) is 0 Å². The second-order valence-corrected chi connectivity index (χ2v) is 4.02. The number of hydrogen-bond acceptors (Lipinski definition) is 1. The van der Waals surface area contributed by atoms with Crippen LogP contribution in [0.15, 0.2) is 0 Å². The molecule has 1 fully saturated rings. The number of likely N-dealkylation sites (tertiary alicyclic amines) is 1. The molecular weight excluding hydrogens is 138 g/mol. The molecule has 0 bridgehead atoms. The molecular formula is C5H12NO2S+. The van der Waals surface area contributed by atoms with Gasteiger partial charge in [-0.1, -0.05) is 0 Å². The van der Waals surface area contributed by atoms with Crippen molar-refractivity contribution in [1.29, 1.82) is 0 Å². The lowest BCUT2D eigenvalue weighted by molar-refractivity contribution is -0.770. The van der Waals surface area contributed by atoms with E-state index in [0.29, 0.717) is 3.89 Å². The van der Waals surface area contributed by atoms with Crippen molar-refractivity contribution in [2.75, 3.05) is 20.1 Å². The van der Waals surface area contributed by atoms with Gasteiger partial charge >= 0.3 is 11.3 Å². The molecule has 0 spiro atoms. The first kappa shape index (κ1) is 7.18. The van der Waals surface area contributed by atoms with Crippen LogP contribution >= 0.6 is 0 Å². The summed E-state index contributed by atoms with van der Waals surface area (Å²) >= 11 is -1.67. The molecule has 1 rings (SSSR count). The van der Waals surface area contributed by atoms with E-state index in [1.54, 1.807) is 0 Å². The zero-order chi connectivity index (χ0) is 6.91. The van der Waals surface area contributed by atoms with Gasteiger partial charge in [0.2, 0.25) is 0 Å². The maximum Gasteiger partial charge on any atom is 0.358 e. The lowest BCUT2D eigenvalue weighted by Crippen LogP contribution is -2.41. The Morgan fingerprint density at radius 1 is 1.44 bits per heavy atom. The van der Waals surface area contributed by atoms with Gasteiger partial charge < -0.3 is 0 Å². The van der Waals surface area contributed by atoms with E-state index in [9.17, 15) is 4.21 Å². The normalized spacial score (nSPS) is 28.2. The molecule has 0 radical (unpaired) electrons. The highest BCUT2D eigenvalue weighted by Gasteiger charge is 2.32. The molecule has 3 nitrogen and oxygen atoms in total. The fourth-order valence-electron chi connectivity index (χ4n) is 1.16. The second-order valence-electron chi connectivity index (χ2n) is 2.68. The fraction of sp³-hybridized carbons (Fsp3) is 1.00. The van der Waals surface area contributed by atoms with E-state index < -0.39 is 11.3 Å². The first-order valence-electron chi connectivity index (χ1n) is 3.11. The summed E-state index contributed by atoms with van der Waals surface area (Å²) < 4.78 is 19.7. The minimum absolute atomic E-state index is 0.333. The molecule has 1 aliphatic rings. The number of rotatable bonds is 1. The zero-order valence-corrected chi connectivity index (χ0v) is 6.36. The highest BCUT2D eigenvalue weighted by Crippen LogP contribution is 2.17. The van der Waals surface area contributed by atoms with E-state index in [0.717, 1.165) is 25.9 Å². The predicted octanol–water partition coefficient (Wildman–Crippen LogP) is 0.363. The van der Waals surface area contributed by atoms with Crippen LogP contribution in [0, 0.1) is 0 Å². The zero-order valence-electron chi connectivity index (χ0n) is 5.54. The van der Waals surface area contributed by atoms with Gasteiger partial charge in [0, 0.05) is 12.8 Å². The van der Waals surface area contributed by atoms with Crippen LogP contribution in [-0.4, -0.2) is 32.8 Å². The average Bonchev–Trinajstić information content (AvgIpc) is 2.16. The van der Waals surface area contributed by atoms with Crippen molar-refractivity contribution in [2.24, 2.45) is 0 Å². The van der Waals surface area contributed by atoms with Crippen LogP contribution in [0.2, 0.25) is 0 Å². The summed E-state index contributed by atoms with van der Waals surface area (Å²) in [6, 6.07) is 0. The Morgan fingerprint density at radius 2 is 1.89 bits per heavy atom. The lowest BCUT2D eigenvalue weighted by Gasteiger charge is -2.21. The quantitative estimate of drug-likeness (QED) is 0.433. The van der Waals surface area contributed by atoms with E-state index in [4.69, 9.17) is 4.55 Å². The van der Waals surface area contributed by atoms with Crippen LogP contribution in [0.5, 0.6) is 0 Å². The Bertz CT molecular complexity index is 131. The molecule has 0 aliphatic carbocycles. The second kappa shape index (κ2) is 2.36. The van der Waals surface area contributed by atoms with E-state index in [1.807, 2.05) is 7.05 Å². The smallest absolute Gasteiger partial charge is 0.261 e. The fourth-order valence-corrected chi connectivity index (χ4v) is 1.73. The predicted molar refractivity (Wildman–Crippen MR) is 35.9 cm³/mol. The van der Waals surface area contributed by atoms with Gasteiger partial charge in [0.05, 0.1) is 20.1 Å². The summed E-state index contributed by atoms with van der Waals surface area (Å²) in [4.78, 5) is 0. The standard InChI is InChI=1S/C5H11NO2S/c1-6(9(7)8)4-2-3-5-6/h2-5H2,1H3/p+1. The Kier molecular flexibility index (Phi) is 1.88. The minimum Gasteiger partial charge on any atom is -0.261 e. The third-order valence-electron chi connectivity index (χ3n) is 1.89. The summed E-state index contributed by atoms with van der Waals surface area (Å²) in [6.45, 7) is 1.70. The summed E-state index contributed by atoms with van der Waals surface area (Å²) in [5.74, 6) is 0. The van der Waals surface area contributed by atoms with Gasteiger partial charge in [-0.2, -0.15) is 4.21 Å². The minimum atomic E-state index is -1.67. The third-order valence-corrected chi connectivity index (χ3v) is 3.01. The molecule has 1 saturated heterocycles. The molecule has 0 aromatic heterocycles. The van der Waals surface area contributed by atoms with E-state index in [2.05, 4.69) is 0 Å². The highest BCUT2D eigenvalue weighted by molar-refractivity contribution is 7.73. The summed E-state index contributed by atoms with van der Waals surface area (Å²) in [5.41, 5.74) is 0. The molecule has 1 unspecified atom stereocenters. The van der Waals surface area contributed by atoms with Crippen LogP contribution in [0.3, 0.4) is 0 Å². The Balaban J connectivity index is 2.61. The monoisotopic (exact) mass is 150 g/mol. The van der Waals surface area contributed by atoms with Crippen molar-refractivity contribution in [1.82, 2.24) is 0 Å². The van der Waals surface area contributed by atoms with Gasteiger partial charge in [-0.3, -0.25) is 4.55 Å². The molecule has 1 atom stereocenters. The number of hydrogen-bond donors (Lipinski definition) is 1.